The van der Waals surface area contributed by atoms with E-state index in [0.29, 0.717) is 0 Å². The van der Waals surface area contributed by atoms with Crippen LogP contribution in [0.25, 0.3) is 0 Å². The molecule has 0 fully saturated rings. The van der Waals surface area contributed by atoms with Crippen molar-refractivity contribution in [3.8, 4) is 0 Å². The molecule has 0 N–H and O–H groups in total. The van der Waals surface area contributed by atoms with Gasteiger partial charge in [-0.2, -0.15) is 0 Å². The van der Waals surface area contributed by atoms with Crippen LogP contribution in [0.15, 0.2) is 0 Å². The molecule has 0 unspecified atom stereocenters. The average molecular weight is 684 g/mol. The van der Waals surface area contributed by atoms with E-state index >= 15 is 0 Å². The Labute approximate surface area is 223 Å². The summed E-state index contributed by atoms with van der Waals surface area (Å²) in [6, 6.07) is 0. The Kier molecular flexibility index (Phi) is 90.2. The molecular weight excluding hydrogens is 642 g/mol. The first-order chi connectivity index (χ1) is 10.4. The van der Waals surface area contributed by atoms with Crippen LogP contribution in [0.5, 0.6) is 0 Å². The molecule has 0 heterocycles. The van der Waals surface area contributed by atoms with Gasteiger partial charge in [0.1, 0.15) is 0 Å². The van der Waals surface area contributed by atoms with Gasteiger partial charge < -0.3 is 30.6 Å². The van der Waals surface area contributed by atoms with Gasteiger partial charge in [-0.05, 0) is 0 Å². The smallest absolute Gasteiger partial charge is 0.852 e. The third-order valence-corrected chi connectivity index (χ3v) is 0. The zero-order valence-electron chi connectivity index (χ0n) is 18.5. The van der Waals surface area contributed by atoms with Crippen LogP contribution in [0.2, 0.25) is 0 Å². The molecule has 0 aromatic heterocycles. The molecule has 0 aromatic rings. The second-order valence-electron chi connectivity index (χ2n) is 6.29. The maximum atomic E-state index is 9.53. The Morgan fingerprint density at radius 1 is 0.269 bits per heavy atom. The van der Waals surface area contributed by atoms with E-state index in [4.69, 9.17) is 0 Å². The zero-order chi connectivity index (χ0) is 21.5. The summed E-state index contributed by atoms with van der Waals surface area (Å²) < 4.78 is 0. The van der Waals surface area contributed by atoms with Gasteiger partial charge in [0.15, 0.2) is 0 Å². The molecule has 0 aromatic carbocycles. The third kappa shape index (κ3) is 3230. The van der Waals surface area contributed by atoms with E-state index in [1.165, 1.54) is 0 Å². The first-order valence-corrected chi connectivity index (χ1v) is 8.34. The van der Waals surface area contributed by atoms with E-state index in [-0.39, 0.29) is 75.5 Å². The van der Waals surface area contributed by atoms with Gasteiger partial charge >= 0.3 is 75.5 Å². The maximum absolute atomic E-state index is 9.53. The first kappa shape index (κ1) is 51.2. The molecule has 0 aliphatic carbocycles. The molecular formula is C18H42Ho2O6. The molecule has 0 atom stereocenters. The minimum atomic E-state index is -0.417. The molecule has 0 saturated heterocycles. The number of hydrogen-bond donors (Lipinski definition) is 0. The normalized spacial score (nSPS) is 8.31. The Bertz CT molecular complexity index is 105. The van der Waals surface area contributed by atoms with Crippen molar-refractivity contribution in [2.45, 2.75) is 120 Å². The number of rotatable bonds is 0. The molecule has 6 nitrogen and oxygen atoms in total. The van der Waals surface area contributed by atoms with Gasteiger partial charge in [-0.3, -0.25) is 0 Å². The van der Waals surface area contributed by atoms with Crippen LogP contribution >= 0.6 is 0 Å². The molecule has 0 spiro atoms. The fourth-order valence-electron chi connectivity index (χ4n) is 0. The number of hydrogen-bond acceptors (Lipinski definition) is 6. The Balaban J connectivity index is -0.0000000245. The van der Waals surface area contributed by atoms with Crippen molar-refractivity contribution >= 4 is 0 Å². The molecule has 8 heteroatoms. The Morgan fingerprint density at radius 3 is 0.269 bits per heavy atom. The van der Waals surface area contributed by atoms with Crippen LogP contribution in [-0.2, 0) is 0 Å². The van der Waals surface area contributed by atoms with Crippen molar-refractivity contribution in [2.24, 2.45) is 0 Å². The summed E-state index contributed by atoms with van der Waals surface area (Å²) in [5.41, 5.74) is 0. The van der Waals surface area contributed by atoms with Gasteiger partial charge in [-0.1, -0.05) is 83.1 Å². The topological polar surface area (TPSA) is 138 Å². The van der Waals surface area contributed by atoms with Gasteiger partial charge in [0, 0.05) is 0 Å². The van der Waals surface area contributed by atoms with Gasteiger partial charge in [0.2, 0.25) is 0 Å². The second-order valence-corrected chi connectivity index (χ2v) is 6.29. The van der Waals surface area contributed by atoms with E-state index in [0.717, 1.165) is 0 Å². The quantitative estimate of drug-likeness (QED) is 0.286. The van der Waals surface area contributed by atoms with Crippen molar-refractivity contribution in [2.75, 3.05) is 0 Å². The fourth-order valence-corrected chi connectivity index (χ4v) is 0. The van der Waals surface area contributed by atoms with Crippen molar-refractivity contribution in [3.63, 3.8) is 0 Å². The summed E-state index contributed by atoms with van der Waals surface area (Å²) in [4.78, 5) is 0. The molecule has 0 radical (unpaired) electrons. The monoisotopic (exact) mass is 684 g/mol. The summed E-state index contributed by atoms with van der Waals surface area (Å²) >= 11 is 0. The van der Waals surface area contributed by atoms with Crippen LogP contribution in [0.3, 0.4) is 0 Å². The third-order valence-electron chi connectivity index (χ3n) is 0. The molecule has 0 saturated carbocycles. The molecule has 26 heavy (non-hydrogen) atoms. The van der Waals surface area contributed by atoms with Gasteiger partial charge in [0.25, 0.3) is 0 Å². The predicted octanol–water partition coefficient (Wildman–Crippen LogP) is -1.47. The predicted molar refractivity (Wildman–Crippen MR) is 90.8 cm³/mol. The van der Waals surface area contributed by atoms with Crippen molar-refractivity contribution in [1.82, 2.24) is 0 Å². The summed E-state index contributed by atoms with van der Waals surface area (Å²) in [5, 5.41) is 57.2. The van der Waals surface area contributed by atoms with Crippen LogP contribution < -0.4 is 30.6 Å². The summed E-state index contributed by atoms with van der Waals surface area (Å²) in [7, 11) is 0. The summed E-state index contributed by atoms with van der Waals surface area (Å²) in [5.74, 6) is 0. The summed E-state index contributed by atoms with van der Waals surface area (Å²) in [6.45, 7) is 19.3. The van der Waals surface area contributed by atoms with Gasteiger partial charge in [-0.25, -0.2) is 0 Å². The molecule has 0 amide bonds. The molecule has 172 valence electrons. The van der Waals surface area contributed by atoms with Crippen LogP contribution in [-0.4, -0.2) is 36.6 Å². The van der Waals surface area contributed by atoms with Crippen LogP contribution in [0.4, 0.5) is 0 Å². The Morgan fingerprint density at radius 2 is 0.269 bits per heavy atom. The average Bonchev–Trinajstić information content (AvgIpc) is 2.08. The SMILES string of the molecule is CC(C)[O-].CC(C)[O-].CC(C)[O-].CC(C)[O-].CC(C)[O-].CC(C)[O-].[Ho+3].[Ho+3]. The van der Waals surface area contributed by atoms with Crippen LogP contribution in [0, 0.1) is 75.5 Å². The van der Waals surface area contributed by atoms with Crippen molar-refractivity contribution in [3.05, 3.63) is 0 Å². The van der Waals surface area contributed by atoms with E-state index in [9.17, 15) is 30.6 Å². The second kappa shape index (κ2) is 45.8. The van der Waals surface area contributed by atoms with Crippen molar-refractivity contribution < 1.29 is 106 Å². The maximum Gasteiger partial charge on any atom is 3.00 e. The molecule has 0 bridgehead atoms. The van der Waals surface area contributed by atoms with E-state index in [1.807, 2.05) is 0 Å². The fraction of sp³-hybridized carbons (Fsp3) is 1.00. The Hall–Kier alpha value is 2.28. The van der Waals surface area contributed by atoms with E-state index in [2.05, 4.69) is 0 Å². The van der Waals surface area contributed by atoms with E-state index in [1.54, 1.807) is 83.1 Å². The molecule has 0 aliphatic rings. The van der Waals surface area contributed by atoms with E-state index < -0.39 is 36.6 Å². The molecule has 0 rings (SSSR count). The minimum absolute atomic E-state index is 0. The molecule has 0 aliphatic heterocycles. The van der Waals surface area contributed by atoms with Gasteiger partial charge in [0.05, 0.1) is 0 Å². The van der Waals surface area contributed by atoms with Gasteiger partial charge in [-0.15, -0.1) is 36.6 Å². The summed E-state index contributed by atoms with van der Waals surface area (Å²) in [6.07, 6.45) is -2.50. The first-order valence-electron chi connectivity index (χ1n) is 8.34. The minimum Gasteiger partial charge on any atom is -0.852 e. The largest absolute Gasteiger partial charge is 3.00 e. The van der Waals surface area contributed by atoms with Crippen molar-refractivity contribution in [1.29, 1.82) is 0 Å². The zero-order valence-corrected chi connectivity index (χ0v) is 22.4. The standard InChI is InChI=1S/6C3H7O.2Ho/c6*1-3(2)4;;/h6*3H,1-2H3;;/q6*-1;2*+3. The van der Waals surface area contributed by atoms with Crippen LogP contribution in [0.1, 0.15) is 83.1 Å².